The van der Waals surface area contributed by atoms with E-state index in [1.165, 1.54) is 0 Å². The summed E-state index contributed by atoms with van der Waals surface area (Å²) in [6.45, 7) is 2.66. The van der Waals surface area contributed by atoms with Crippen LogP contribution in [0.25, 0.3) is 0 Å². The highest BCUT2D eigenvalue weighted by molar-refractivity contribution is 9.10. The molecule has 0 N–H and O–H groups in total. The van der Waals surface area contributed by atoms with Gasteiger partial charge < -0.3 is 4.74 Å². The summed E-state index contributed by atoms with van der Waals surface area (Å²) in [7, 11) is 0. The van der Waals surface area contributed by atoms with Gasteiger partial charge in [-0.25, -0.2) is 0 Å². The van der Waals surface area contributed by atoms with Gasteiger partial charge in [0.05, 0.1) is 6.61 Å². The monoisotopic (exact) mass is 234 g/mol. The van der Waals surface area contributed by atoms with Crippen LogP contribution in [-0.2, 0) is 9.53 Å². The van der Waals surface area contributed by atoms with Crippen molar-refractivity contribution in [2.45, 2.75) is 43.4 Å². The number of alkyl halides is 1. The van der Waals surface area contributed by atoms with Crippen molar-refractivity contribution in [3.05, 3.63) is 0 Å². The highest BCUT2D eigenvalue weighted by atomic mass is 79.9. The van der Waals surface area contributed by atoms with Crippen molar-refractivity contribution >= 4 is 21.9 Å². The molecule has 2 nitrogen and oxygen atoms in total. The lowest BCUT2D eigenvalue weighted by Gasteiger charge is -2.33. The van der Waals surface area contributed by atoms with Crippen LogP contribution in [0.15, 0.2) is 0 Å². The molecule has 0 heterocycles. The van der Waals surface area contributed by atoms with E-state index in [0.717, 1.165) is 32.1 Å². The molecule has 0 unspecified atom stereocenters. The standard InChI is InChI=1S/C9H15BrO2/c1-2-3-7-12-8(11)9(10)5-4-6-9/h2-7H2,1H3. The van der Waals surface area contributed by atoms with Crippen molar-refractivity contribution in [3.8, 4) is 0 Å². The van der Waals surface area contributed by atoms with Crippen LogP contribution in [0.2, 0.25) is 0 Å². The SMILES string of the molecule is CCCCOC(=O)C1(Br)CCC1. The van der Waals surface area contributed by atoms with Crippen molar-refractivity contribution in [3.63, 3.8) is 0 Å². The first-order chi connectivity index (χ1) is 5.69. The van der Waals surface area contributed by atoms with Crippen LogP contribution in [0.4, 0.5) is 0 Å². The average molecular weight is 235 g/mol. The predicted molar refractivity (Wildman–Crippen MR) is 51.4 cm³/mol. The summed E-state index contributed by atoms with van der Waals surface area (Å²) in [5.41, 5.74) is 0. The van der Waals surface area contributed by atoms with Crippen LogP contribution in [0, 0.1) is 0 Å². The largest absolute Gasteiger partial charge is 0.465 e. The van der Waals surface area contributed by atoms with Crippen LogP contribution >= 0.6 is 15.9 Å². The quantitative estimate of drug-likeness (QED) is 0.425. The molecule has 0 radical (unpaired) electrons. The van der Waals surface area contributed by atoms with E-state index >= 15 is 0 Å². The average Bonchev–Trinajstić information content (AvgIpc) is 2.00. The zero-order valence-electron chi connectivity index (χ0n) is 7.44. The third-order valence-electron chi connectivity index (χ3n) is 2.24. The molecule has 3 heteroatoms. The fraction of sp³-hybridized carbons (Fsp3) is 0.889. The molecular formula is C9H15BrO2. The molecule has 0 saturated heterocycles. The second-order valence-electron chi connectivity index (χ2n) is 3.31. The lowest BCUT2D eigenvalue weighted by atomic mass is 9.85. The molecule has 1 aliphatic carbocycles. The zero-order valence-corrected chi connectivity index (χ0v) is 9.02. The topological polar surface area (TPSA) is 26.3 Å². The van der Waals surface area contributed by atoms with Crippen LogP contribution in [0.3, 0.4) is 0 Å². The minimum Gasteiger partial charge on any atom is -0.465 e. The maximum absolute atomic E-state index is 11.4. The van der Waals surface area contributed by atoms with E-state index in [4.69, 9.17) is 4.74 Å². The first-order valence-electron chi connectivity index (χ1n) is 4.55. The van der Waals surface area contributed by atoms with E-state index in [1.807, 2.05) is 0 Å². The Bertz CT molecular complexity index is 164. The van der Waals surface area contributed by atoms with Gasteiger partial charge in [0, 0.05) is 0 Å². The number of rotatable bonds is 4. The molecule has 0 bridgehead atoms. The van der Waals surface area contributed by atoms with Gasteiger partial charge in [0.15, 0.2) is 0 Å². The van der Waals surface area contributed by atoms with Gasteiger partial charge in [0.25, 0.3) is 0 Å². The van der Waals surface area contributed by atoms with Crippen LogP contribution in [-0.4, -0.2) is 16.9 Å². The summed E-state index contributed by atoms with van der Waals surface area (Å²) < 4.78 is 4.78. The first kappa shape index (κ1) is 10.0. The molecule has 0 atom stereocenters. The van der Waals surface area contributed by atoms with Gasteiger partial charge in [0.1, 0.15) is 4.32 Å². The second kappa shape index (κ2) is 4.26. The van der Waals surface area contributed by atoms with Crippen molar-refractivity contribution in [1.29, 1.82) is 0 Å². The molecule has 0 aromatic carbocycles. The van der Waals surface area contributed by atoms with Crippen molar-refractivity contribution in [2.75, 3.05) is 6.61 Å². The fourth-order valence-electron chi connectivity index (χ4n) is 1.13. The molecule has 0 aromatic rings. The Balaban J connectivity index is 2.19. The molecular weight excluding hydrogens is 220 g/mol. The van der Waals surface area contributed by atoms with Crippen LogP contribution in [0.5, 0.6) is 0 Å². The van der Waals surface area contributed by atoms with Crippen LogP contribution < -0.4 is 0 Å². The van der Waals surface area contributed by atoms with Gasteiger partial charge >= 0.3 is 5.97 Å². The summed E-state index contributed by atoms with van der Waals surface area (Å²) in [6, 6.07) is 0. The van der Waals surface area contributed by atoms with Crippen LogP contribution in [0.1, 0.15) is 39.0 Å². The Morgan fingerprint density at radius 3 is 2.67 bits per heavy atom. The number of carbonyl (C=O) groups is 1. The Morgan fingerprint density at radius 2 is 2.25 bits per heavy atom. The number of esters is 1. The zero-order chi connectivity index (χ0) is 9.03. The van der Waals surface area contributed by atoms with Gasteiger partial charge in [0.2, 0.25) is 0 Å². The summed E-state index contributed by atoms with van der Waals surface area (Å²) in [5.74, 6) is -0.0674. The van der Waals surface area contributed by atoms with Gasteiger partial charge in [-0.1, -0.05) is 29.3 Å². The van der Waals surface area contributed by atoms with Crippen molar-refractivity contribution in [2.24, 2.45) is 0 Å². The van der Waals surface area contributed by atoms with Gasteiger partial charge in [-0.2, -0.15) is 0 Å². The van der Waals surface area contributed by atoms with E-state index in [1.54, 1.807) is 0 Å². The third-order valence-corrected chi connectivity index (χ3v) is 3.36. The second-order valence-corrected chi connectivity index (χ2v) is 4.83. The number of halogens is 1. The molecule has 12 heavy (non-hydrogen) atoms. The lowest BCUT2D eigenvalue weighted by molar-refractivity contribution is -0.148. The summed E-state index contributed by atoms with van der Waals surface area (Å²) >= 11 is 3.41. The van der Waals surface area contributed by atoms with Gasteiger partial charge in [-0.3, -0.25) is 4.79 Å². The third kappa shape index (κ3) is 2.22. The Kier molecular flexibility index (Phi) is 3.56. The highest BCUT2D eigenvalue weighted by Crippen LogP contribution is 2.41. The predicted octanol–water partition coefficient (Wildman–Crippen LogP) is 2.65. The van der Waals surface area contributed by atoms with Gasteiger partial charge in [-0.05, 0) is 25.7 Å². The Hall–Kier alpha value is -0.0500. The van der Waals surface area contributed by atoms with E-state index in [-0.39, 0.29) is 10.3 Å². The van der Waals surface area contributed by atoms with Gasteiger partial charge in [-0.15, -0.1) is 0 Å². The smallest absolute Gasteiger partial charge is 0.322 e. The molecule has 70 valence electrons. The molecule has 1 saturated carbocycles. The number of hydrogen-bond acceptors (Lipinski definition) is 2. The van der Waals surface area contributed by atoms with E-state index < -0.39 is 0 Å². The van der Waals surface area contributed by atoms with E-state index in [9.17, 15) is 4.79 Å². The Morgan fingerprint density at radius 1 is 1.58 bits per heavy atom. The number of hydrogen-bond donors (Lipinski definition) is 0. The van der Waals surface area contributed by atoms with Crippen molar-refractivity contribution in [1.82, 2.24) is 0 Å². The summed E-state index contributed by atoms with van der Waals surface area (Å²) in [5, 5.41) is 0. The maximum Gasteiger partial charge on any atom is 0.322 e. The minimum absolute atomic E-state index is 0.0674. The van der Waals surface area contributed by atoms with E-state index in [2.05, 4.69) is 22.9 Å². The first-order valence-corrected chi connectivity index (χ1v) is 5.34. The number of carbonyl (C=O) groups excluding carboxylic acids is 1. The number of unbranched alkanes of at least 4 members (excludes halogenated alkanes) is 1. The molecule has 0 aromatic heterocycles. The molecule has 1 rings (SSSR count). The van der Waals surface area contributed by atoms with Crippen molar-refractivity contribution < 1.29 is 9.53 Å². The molecule has 0 amide bonds. The molecule has 0 aliphatic heterocycles. The minimum atomic E-state index is -0.319. The summed E-state index contributed by atoms with van der Waals surface area (Å²) in [4.78, 5) is 11.4. The summed E-state index contributed by atoms with van der Waals surface area (Å²) in [6.07, 6.45) is 5.03. The highest BCUT2D eigenvalue weighted by Gasteiger charge is 2.42. The normalized spacial score (nSPS) is 19.8. The molecule has 0 spiro atoms. The fourth-order valence-corrected chi connectivity index (χ4v) is 1.81. The number of ether oxygens (including phenoxy) is 1. The molecule has 1 aliphatic rings. The maximum atomic E-state index is 11.4. The molecule has 1 fully saturated rings. The Labute approximate surface area is 81.8 Å². The van der Waals surface area contributed by atoms with E-state index in [0.29, 0.717) is 6.61 Å². The lowest BCUT2D eigenvalue weighted by Crippen LogP contribution is -2.40.